The standard InChI is InChI=1S/C12H19N3O2S2/c1-3-15(4-2)19(16,17)14-10-12-11(6-5-8-13)7-9-18-12/h7,9,14H,3-4,8,10,13H2,1-2H3. The highest BCUT2D eigenvalue weighted by molar-refractivity contribution is 7.87. The third-order valence-corrected chi connectivity index (χ3v) is 5.16. The van der Waals surface area contributed by atoms with Gasteiger partial charge in [-0.25, -0.2) is 0 Å². The maximum atomic E-state index is 12.0. The fraction of sp³-hybridized carbons (Fsp3) is 0.500. The van der Waals surface area contributed by atoms with Gasteiger partial charge in [0.05, 0.1) is 6.54 Å². The van der Waals surface area contributed by atoms with Crippen LogP contribution in [-0.4, -0.2) is 32.4 Å². The molecule has 0 spiro atoms. The predicted molar refractivity (Wildman–Crippen MR) is 78.9 cm³/mol. The van der Waals surface area contributed by atoms with E-state index in [1.54, 1.807) is 0 Å². The van der Waals surface area contributed by atoms with Crippen molar-refractivity contribution < 1.29 is 8.42 Å². The van der Waals surface area contributed by atoms with Crippen molar-refractivity contribution in [1.82, 2.24) is 9.03 Å². The molecule has 1 heterocycles. The maximum absolute atomic E-state index is 12.0. The van der Waals surface area contributed by atoms with Crippen LogP contribution in [0.5, 0.6) is 0 Å². The summed E-state index contributed by atoms with van der Waals surface area (Å²) in [5, 5.41) is 1.89. The van der Waals surface area contributed by atoms with Gasteiger partial charge < -0.3 is 5.73 Å². The van der Waals surface area contributed by atoms with E-state index in [-0.39, 0.29) is 6.54 Å². The number of rotatable bonds is 6. The van der Waals surface area contributed by atoms with Crippen LogP contribution in [0.3, 0.4) is 0 Å². The van der Waals surface area contributed by atoms with Crippen LogP contribution in [0.1, 0.15) is 24.3 Å². The lowest BCUT2D eigenvalue weighted by molar-refractivity contribution is 0.435. The summed E-state index contributed by atoms with van der Waals surface area (Å²) in [6.07, 6.45) is 0. The minimum Gasteiger partial charge on any atom is -0.320 e. The molecule has 5 nitrogen and oxygen atoms in total. The van der Waals surface area contributed by atoms with Crippen molar-refractivity contribution in [3.8, 4) is 11.8 Å². The van der Waals surface area contributed by atoms with Crippen LogP contribution in [0.4, 0.5) is 0 Å². The second-order valence-corrected chi connectivity index (χ2v) is 6.43. The summed E-state index contributed by atoms with van der Waals surface area (Å²) in [5.41, 5.74) is 6.16. The van der Waals surface area contributed by atoms with Crippen LogP contribution >= 0.6 is 11.3 Å². The minimum absolute atomic E-state index is 0.255. The summed E-state index contributed by atoms with van der Waals surface area (Å²) in [6, 6.07) is 1.87. The Bertz CT molecular complexity index is 551. The zero-order valence-corrected chi connectivity index (χ0v) is 12.8. The predicted octanol–water partition coefficient (Wildman–Crippen LogP) is 0.735. The number of nitrogens with zero attached hydrogens (tertiary/aromatic N) is 1. The van der Waals surface area contributed by atoms with Gasteiger partial charge in [0.25, 0.3) is 10.2 Å². The molecule has 19 heavy (non-hydrogen) atoms. The van der Waals surface area contributed by atoms with E-state index >= 15 is 0 Å². The molecule has 0 amide bonds. The second-order valence-electron chi connectivity index (χ2n) is 3.67. The Morgan fingerprint density at radius 1 is 1.42 bits per heavy atom. The van der Waals surface area contributed by atoms with Crippen LogP contribution in [0, 0.1) is 11.8 Å². The molecule has 0 bridgehead atoms. The number of hydrogen-bond donors (Lipinski definition) is 2. The lowest BCUT2D eigenvalue weighted by Gasteiger charge is -2.18. The van der Waals surface area contributed by atoms with Crippen LogP contribution < -0.4 is 10.5 Å². The summed E-state index contributed by atoms with van der Waals surface area (Å²) < 4.78 is 27.9. The number of nitrogens with one attached hydrogen (secondary N) is 1. The van der Waals surface area contributed by atoms with Gasteiger partial charge in [-0.15, -0.1) is 11.3 Å². The van der Waals surface area contributed by atoms with Crippen LogP contribution in [0.15, 0.2) is 11.4 Å². The van der Waals surface area contributed by atoms with E-state index in [9.17, 15) is 8.42 Å². The molecule has 1 rings (SSSR count). The molecule has 0 saturated heterocycles. The van der Waals surface area contributed by atoms with E-state index in [1.165, 1.54) is 15.6 Å². The summed E-state index contributed by atoms with van der Waals surface area (Å²) in [5.74, 6) is 5.70. The second kappa shape index (κ2) is 7.62. The summed E-state index contributed by atoms with van der Waals surface area (Å²) in [7, 11) is -3.42. The molecule has 0 aliphatic rings. The largest absolute Gasteiger partial charge is 0.320 e. The van der Waals surface area contributed by atoms with Gasteiger partial charge in [0, 0.05) is 30.1 Å². The first kappa shape index (κ1) is 16.1. The Kier molecular flexibility index (Phi) is 6.48. The average Bonchev–Trinajstić information content (AvgIpc) is 2.82. The Morgan fingerprint density at radius 3 is 2.68 bits per heavy atom. The first-order valence-corrected chi connectivity index (χ1v) is 8.37. The number of thiophene rings is 1. The van der Waals surface area contributed by atoms with E-state index in [0.717, 1.165) is 10.4 Å². The van der Waals surface area contributed by atoms with Crippen molar-refractivity contribution in [3.63, 3.8) is 0 Å². The normalized spacial score (nSPS) is 11.4. The zero-order chi connectivity index (χ0) is 14.3. The molecule has 0 aliphatic carbocycles. The summed E-state index contributed by atoms with van der Waals surface area (Å²) >= 11 is 1.48. The van der Waals surface area contributed by atoms with Crippen molar-refractivity contribution in [2.24, 2.45) is 5.73 Å². The average molecular weight is 301 g/mol. The van der Waals surface area contributed by atoms with E-state index in [1.807, 2.05) is 25.3 Å². The van der Waals surface area contributed by atoms with Crippen molar-refractivity contribution >= 4 is 21.5 Å². The first-order chi connectivity index (χ1) is 9.05. The van der Waals surface area contributed by atoms with E-state index < -0.39 is 10.2 Å². The van der Waals surface area contributed by atoms with Crippen molar-refractivity contribution in [1.29, 1.82) is 0 Å². The molecular weight excluding hydrogens is 282 g/mol. The maximum Gasteiger partial charge on any atom is 0.279 e. The molecule has 0 unspecified atom stereocenters. The minimum atomic E-state index is -3.42. The third kappa shape index (κ3) is 4.60. The first-order valence-electron chi connectivity index (χ1n) is 6.05. The fourth-order valence-corrected chi connectivity index (χ4v) is 3.60. The third-order valence-electron chi connectivity index (χ3n) is 2.53. The molecule has 0 radical (unpaired) electrons. The Balaban J connectivity index is 2.75. The molecule has 0 aromatic carbocycles. The molecule has 0 atom stereocenters. The fourth-order valence-electron chi connectivity index (χ4n) is 1.55. The zero-order valence-electron chi connectivity index (χ0n) is 11.1. The van der Waals surface area contributed by atoms with Crippen molar-refractivity contribution in [2.75, 3.05) is 19.6 Å². The number of nitrogens with two attached hydrogens (primary N) is 1. The molecule has 7 heteroatoms. The molecule has 106 valence electrons. The highest BCUT2D eigenvalue weighted by atomic mass is 32.2. The van der Waals surface area contributed by atoms with Gasteiger partial charge in [0.1, 0.15) is 0 Å². The molecule has 0 fully saturated rings. The quantitative estimate of drug-likeness (QED) is 0.761. The molecule has 3 N–H and O–H groups in total. The molecule has 0 saturated carbocycles. The monoisotopic (exact) mass is 301 g/mol. The lowest BCUT2D eigenvalue weighted by Crippen LogP contribution is -2.40. The SMILES string of the molecule is CCN(CC)S(=O)(=O)NCc1sccc1C#CCN. The van der Waals surface area contributed by atoms with Gasteiger partial charge in [-0.2, -0.15) is 17.4 Å². The Labute approximate surface area is 119 Å². The number of hydrogen-bond acceptors (Lipinski definition) is 4. The highest BCUT2D eigenvalue weighted by Crippen LogP contribution is 2.16. The van der Waals surface area contributed by atoms with Crippen LogP contribution in [0.2, 0.25) is 0 Å². The van der Waals surface area contributed by atoms with Gasteiger partial charge in [0.15, 0.2) is 0 Å². The van der Waals surface area contributed by atoms with Crippen molar-refractivity contribution in [2.45, 2.75) is 20.4 Å². The summed E-state index contributed by atoms with van der Waals surface area (Å²) in [6.45, 7) is 5.08. The van der Waals surface area contributed by atoms with Gasteiger partial charge in [0.2, 0.25) is 0 Å². The van der Waals surface area contributed by atoms with Gasteiger partial charge in [-0.3, -0.25) is 0 Å². The van der Waals surface area contributed by atoms with E-state index in [4.69, 9.17) is 5.73 Å². The van der Waals surface area contributed by atoms with Gasteiger partial charge in [-0.05, 0) is 11.4 Å². The molecule has 1 aromatic heterocycles. The highest BCUT2D eigenvalue weighted by Gasteiger charge is 2.18. The molecule has 1 aromatic rings. The van der Waals surface area contributed by atoms with Crippen LogP contribution in [-0.2, 0) is 16.8 Å². The molecule has 0 aliphatic heterocycles. The van der Waals surface area contributed by atoms with Crippen LogP contribution in [0.25, 0.3) is 0 Å². The van der Waals surface area contributed by atoms with E-state index in [0.29, 0.717) is 19.6 Å². The van der Waals surface area contributed by atoms with Gasteiger partial charge in [-0.1, -0.05) is 25.7 Å². The van der Waals surface area contributed by atoms with Crippen molar-refractivity contribution in [3.05, 3.63) is 21.9 Å². The Hall–Kier alpha value is -0.910. The lowest BCUT2D eigenvalue weighted by atomic mass is 10.2. The van der Waals surface area contributed by atoms with E-state index in [2.05, 4.69) is 16.6 Å². The smallest absolute Gasteiger partial charge is 0.279 e. The van der Waals surface area contributed by atoms with Gasteiger partial charge >= 0.3 is 0 Å². The summed E-state index contributed by atoms with van der Waals surface area (Å²) in [4.78, 5) is 0.900. The topological polar surface area (TPSA) is 75.4 Å². The Morgan fingerprint density at radius 2 is 2.11 bits per heavy atom. The molecular formula is C12H19N3O2S2.